The smallest absolute Gasteiger partial charge is 0.253 e. The molecule has 0 aliphatic rings. The average molecular weight is 340 g/mol. The van der Waals surface area contributed by atoms with Gasteiger partial charge >= 0.3 is 0 Å². The van der Waals surface area contributed by atoms with Gasteiger partial charge in [0.15, 0.2) is 0 Å². The highest BCUT2D eigenvalue weighted by Crippen LogP contribution is 2.23. The standard InChI is InChI=1S/C18H14F2N4O/c19-15-4-1-5-16(20)17(15)24-14-7-13(10-22-11-14)18(25)23-9-12-3-2-6-21-8-12/h1-8,10-11,24H,9H2,(H,23,25). The number of carbonyl (C=O) groups excluding carboxylic acids is 1. The van der Waals surface area contributed by atoms with Gasteiger partial charge in [0.05, 0.1) is 17.4 Å². The molecule has 0 radical (unpaired) electrons. The Hall–Kier alpha value is -3.35. The van der Waals surface area contributed by atoms with Crippen LogP contribution < -0.4 is 10.6 Å². The number of hydrogen-bond donors (Lipinski definition) is 2. The Kier molecular flexibility index (Phi) is 4.94. The molecule has 1 aromatic carbocycles. The first-order chi connectivity index (χ1) is 12.1. The molecule has 0 bridgehead atoms. The number of rotatable bonds is 5. The molecular weight excluding hydrogens is 326 g/mol. The average Bonchev–Trinajstić information content (AvgIpc) is 2.64. The Labute approximate surface area is 142 Å². The molecule has 2 aromatic heterocycles. The summed E-state index contributed by atoms with van der Waals surface area (Å²) in [4.78, 5) is 20.1. The molecule has 2 N–H and O–H groups in total. The van der Waals surface area contributed by atoms with Crippen LogP contribution in [0.1, 0.15) is 15.9 Å². The molecular formula is C18H14F2N4O. The normalized spacial score (nSPS) is 10.3. The summed E-state index contributed by atoms with van der Waals surface area (Å²) in [5, 5.41) is 5.34. The molecule has 0 unspecified atom stereocenters. The zero-order valence-corrected chi connectivity index (χ0v) is 13.0. The van der Waals surface area contributed by atoms with Gasteiger partial charge in [-0.25, -0.2) is 8.78 Å². The number of pyridine rings is 2. The minimum absolute atomic E-state index is 0.269. The Morgan fingerprint density at radius 3 is 2.52 bits per heavy atom. The van der Waals surface area contributed by atoms with E-state index >= 15 is 0 Å². The van der Waals surface area contributed by atoms with Gasteiger partial charge in [-0.3, -0.25) is 14.8 Å². The minimum Gasteiger partial charge on any atom is -0.349 e. The van der Waals surface area contributed by atoms with Gasteiger partial charge in [-0.2, -0.15) is 0 Å². The van der Waals surface area contributed by atoms with Crippen LogP contribution in [-0.2, 0) is 6.54 Å². The lowest BCUT2D eigenvalue weighted by molar-refractivity contribution is 0.0950. The zero-order valence-electron chi connectivity index (χ0n) is 13.0. The van der Waals surface area contributed by atoms with Crippen molar-refractivity contribution in [3.8, 4) is 0 Å². The van der Waals surface area contributed by atoms with Crippen molar-refractivity contribution in [3.05, 3.63) is 83.9 Å². The molecule has 5 nitrogen and oxygen atoms in total. The van der Waals surface area contributed by atoms with Crippen molar-refractivity contribution in [1.82, 2.24) is 15.3 Å². The fourth-order valence-electron chi connectivity index (χ4n) is 2.18. The van der Waals surface area contributed by atoms with Crippen molar-refractivity contribution in [1.29, 1.82) is 0 Å². The molecule has 2 heterocycles. The van der Waals surface area contributed by atoms with Crippen LogP contribution in [0.25, 0.3) is 0 Å². The summed E-state index contributed by atoms with van der Waals surface area (Å²) in [6, 6.07) is 8.64. The summed E-state index contributed by atoms with van der Waals surface area (Å²) in [5.41, 5.74) is 1.13. The van der Waals surface area contributed by atoms with Crippen molar-refractivity contribution in [2.45, 2.75) is 6.54 Å². The third kappa shape index (κ3) is 4.14. The van der Waals surface area contributed by atoms with Crippen LogP contribution in [0.3, 0.4) is 0 Å². The maximum Gasteiger partial charge on any atom is 0.253 e. The molecule has 1 amide bonds. The minimum atomic E-state index is -0.730. The molecule has 0 aliphatic heterocycles. The molecule has 0 spiro atoms. The number of nitrogens with zero attached hydrogens (tertiary/aromatic N) is 2. The summed E-state index contributed by atoms with van der Waals surface area (Å²) in [6.07, 6.45) is 6.05. The third-order valence-electron chi connectivity index (χ3n) is 3.41. The number of para-hydroxylation sites is 1. The van der Waals surface area contributed by atoms with Gasteiger partial charge in [0, 0.05) is 25.1 Å². The molecule has 3 rings (SSSR count). The first-order valence-corrected chi connectivity index (χ1v) is 7.46. The SMILES string of the molecule is O=C(NCc1cccnc1)c1cncc(Nc2c(F)cccc2F)c1. The van der Waals surface area contributed by atoms with Crippen LogP contribution in [0.2, 0.25) is 0 Å². The monoisotopic (exact) mass is 340 g/mol. The van der Waals surface area contributed by atoms with Crippen LogP contribution in [-0.4, -0.2) is 15.9 Å². The van der Waals surface area contributed by atoms with E-state index in [0.717, 1.165) is 17.7 Å². The Bertz CT molecular complexity index is 867. The summed E-state index contributed by atoms with van der Waals surface area (Å²) < 4.78 is 27.4. The second-order valence-electron chi connectivity index (χ2n) is 5.23. The molecule has 126 valence electrons. The molecule has 0 atom stereocenters. The first kappa shape index (κ1) is 16.5. The Morgan fingerprint density at radius 2 is 1.80 bits per heavy atom. The molecule has 7 heteroatoms. The van der Waals surface area contributed by atoms with Crippen molar-refractivity contribution in [3.63, 3.8) is 0 Å². The van der Waals surface area contributed by atoms with E-state index in [0.29, 0.717) is 12.2 Å². The van der Waals surface area contributed by atoms with E-state index in [9.17, 15) is 13.6 Å². The molecule has 0 aliphatic carbocycles. The van der Waals surface area contributed by atoms with Crippen LogP contribution in [0.4, 0.5) is 20.2 Å². The largest absolute Gasteiger partial charge is 0.349 e. The second kappa shape index (κ2) is 7.48. The lowest BCUT2D eigenvalue weighted by atomic mass is 10.2. The van der Waals surface area contributed by atoms with Crippen LogP contribution >= 0.6 is 0 Å². The highest BCUT2D eigenvalue weighted by atomic mass is 19.1. The van der Waals surface area contributed by atoms with E-state index in [2.05, 4.69) is 20.6 Å². The van der Waals surface area contributed by atoms with Gasteiger partial charge in [0.25, 0.3) is 5.91 Å². The van der Waals surface area contributed by atoms with E-state index < -0.39 is 11.6 Å². The highest BCUT2D eigenvalue weighted by molar-refractivity contribution is 5.94. The Morgan fingerprint density at radius 1 is 1.00 bits per heavy atom. The maximum atomic E-state index is 13.7. The predicted molar refractivity (Wildman–Crippen MR) is 89.3 cm³/mol. The maximum absolute atomic E-state index is 13.7. The lowest BCUT2D eigenvalue weighted by Crippen LogP contribution is -2.23. The van der Waals surface area contributed by atoms with E-state index in [-0.39, 0.29) is 17.2 Å². The summed E-state index contributed by atoms with van der Waals surface area (Å²) in [6.45, 7) is 0.312. The van der Waals surface area contributed by atoms with Crippen molar-refractivity contribution in [2.24, 2.45) is 0 Å². The van der Waals surface area contributed by atoms with Crippen LogP contribution in [0, 0.1) is 11.6 Å². The van der Waals surface area contributed by atoms with Crippen molar-refractivity contribution in [2.75, 3.05) is 5.32 Å². The summed E-state index contributed by atoms with van der Waals surface area (Å²) in [7, 11) is 0. The van der Waals surface area contributed by atoms with Crippen LogP contribution in [0.15, 0.2) is 61.2 Å². The topological polar surface area (TPSA) is 66.9 Å². The number of carbonyl (C=O) groups is 1. The number of amides is 1. The van der Waals surface area contributed by atoms with Crippen molar-refractivity contribution < 1.29 is 13.6 Å². The van der Waals surface area contributed by atoms with Crippen LogP contribution in [0.5, 0.6) is 0 Å². The highest BCUT2D eigenvalue weighted by Gasteiger charge is 2.11. The van der Waals surface area contributed by atoms with Gasteiger partial charge in [0.2, 0.25) is 0 Å². The second-order valence-corrected chi connectivity index (χ2v) is 5.23. The molecule has 0 fully saturated rings. The molecule has 0 saturated carbocycles. The van der Waals surface area contributed by atoms with Gasteiger partial charge < -0.3 is 10.6 Å². The fourth-order valence-corrected chi connectivity index (χ4v) is 2.18. The summed E-state index contributed by atoms with van der Waals surface area (Å²) in [5.74, 6) is -1.81. The number of hydrogen-bond acceptors (Lipinski definition) is 4. The third-order valence-corrected chi connectivity index (χ3v) is 3.41. The van der Waals surface area contributed by atoms with Gasteiger partial charge in [0.1, 0.15) is 17.3 Å². The quantitative estimate of drug-likeness (QED) is 0.747. The van der Waals surface area contributed by atoms with Gasteiger partial charge in [-0.1, -0.05) is 12.1 Å². The number of anilines is 2. The summed E-state index contributed by atoms with van der Waals surface area (Å²) >= 11 is 0. The number of nitrogens with one attached hydrogen (secondary N) is 2. The van der Waals surface area contributed by atoms with Gasteiger partial charge in [-0.15, -0.1) is 0 Å². The number of halogens is 2. The van der Waals surface area contributed by atoms with E-state index in [1.807, 2.05) is 6.07 Å². The molecule has 25 heavy (non-hydrogen) atoms. The number of benzene rings is 1. The molecule has 3 aromatic rings. The zero-order chi connectivity index (χ0) is 17.6. The van der Waals surface area contributed by atoms with E-state index in [4.69, 9.17) is 0 Å². The predicted octanol–water partition coefficient (Wildman–Crippen LogP) is 3.43. The fraction of sp³-hybridized carbons (Fsp3) is 0.0556. The number of aromatic nitrogens is 2. The Balaban J connectivity index is 1.72. The van der Waals surface area contributed by atoms with E-state index in [1.165, 1.54) is 24.5 Å². The molecule has 0 saturated heterocycles. The van der Waals surface area contributed by atoms with Gasteiger partial charge in [-0.05, 0) is 29.8 Å². The van der Waals surface area contributed by atoms with E-state index in [1.54, 1.807) is 18.5 Å². The lowest BCUT2D eigenvalue weighted by Gasteiger charge is -2.10. The first-order valence-electron chi connectivity index (χ1n) is 7.46. The van der Waals surface area contributed by atoms with Crippen molar-refractivity contribution >= 4 is 17.3 Å².